The molecule has 11 heteroatoms. The first kappa shape index (κ1) is 23.6. The van der Waals surface area contributed by atoms with Crippen LogP contribution in [0, 0.1) is 5.92 Å². The number of ether oxygens (including phenoxy) is 4. The van der Waals surface area contributed by atoms with Crippen molar-refractivity contribution in [1.82, 2.24) is 4.90 Å². The monoisotopic (exact) mass is 529 g/mol. The second-order valence-corrected chi connectivity index (χ2v) is 11.5. The molecular weight excluding hydrogens is 509 g/mol. The van der Waals surface area contributed by atoms with Crippen LogP contribution in [0.4, 0.5) is 4.79 Å². The topological polar surface area (TPSA) is 91.4 Å². The van der Waals surface area contributed by atoms with Gasteiger partial charge in [0, 0.05) is 37.9 Å². The number of likely N-dealkylation sites (tertiary alicyclic amines) is 1. The SMILES string of the molecule is CC(=O)Oc1ccc2c3c1O[C@H]1[C@@H](OC(C)=O)C=C[C@H]4[C@@H](C2)N(C(=O)OCC(Cl)(Cl)Cl)CC[C@@]341. The van der Waals surface area contributed by atoms with Crippen molar-refractivity contribution in [1.29, 1.82) is 0 Å². The lowest BCUT2D eigenvalue weighted by molar-refractivity contribution is -0.152. The normalized spacial score (nSPS) is 30.2. The molecule has 0 saturated carbocycles. The molecule has 0 unspecified atom stereocenters. The Kier molecular flexibility index (Phi) is 5.69. The van der Waals surface area contributed by atoms with E-state index in [2.05, 4.69) is 0 Å². The molecule has 8 nitrogen and oxygen atoms in total. The molecule has 0 aromatic heterocycles. The van der Waals surface area contributed by atoms with Gasteiger partial charge in [-0.15, -0.1) is 0 Å². The van der Waals surface area contributed by atoms with E-state index in [1.54, 1.807) is 17.0 Å². The first-order valence-corrected chi connectivity index (χ1v) is 12.0. The highest BCUT2D eigenvalue weighted by molar-refractivity contribution is 6.67. The Hall–Kier alpha value is -2.16. The van der Waals surface area contributed by atoms with E-state index in [1.807, 2.05) is 12.1 Å². The molecule has 0 N–H and O–H groups in total. The number of hydrogen-bond acceptors (Lipinski definition) is 7. The molecule has 2 aliphatic carbocycles. The van der Waals surface area contributed by atoms with E-state index < -0.39 is 39.4 Å². The minimum atomic E-state index is -1.71. The van der Waals surface area contributed by atoms with E-state index in [-0.39, 0.29) is 18.6 Å². The molecule has 182 valence electrons. The smallest absolute Gasteiger partial charge is 0.410 e. The van der Waals surface area contributed by atoms with Crippen LogP contribution in [-0.4, -0.2) is 58.1 Å². The molecule has 5 atom stereocenters. The number of carbonyl (C=O) groups is 3. The first-order valence-electron chi connectivity index (χ1n) is 10.9. The molecule has 2 heterocycles. The zero-order chi connectivity index (χ0) is 24.4. The van der Waals surface area contributed by atoms with E-state index >= 15 is 0 Å². The number of hydrogen-bond donors (Lipinski definition) is 0. The number of halogens is 3. The molecule has 1 spiro atoms. The van der Waals surface area contributed by atoms with Crippen LogP contribution >= 0.6 is 34.8 Å². The Morgan fingerprint density at radius 3 is 2.62 bits per heavy atom. The molecular formula is C23H22Cl3NO7. The molecule has 4 aliphatic rings. The number of benzene rings is 1. The van der Waals surface area contributed by atoms with Crippen molar-refractivity contribution in [3.63, 3.8) is 0 Å². The van der Waals surface area contributed by atoms with Crippen LogP contribution in [0.15, 0.2) is 24.3 Å². The van der Waals surface area contributed by atoms with Gasteiger partial charge in [-0.3, -0.25) is 9.59 Å². The molecule has 5 rings (SSSR count). The maximum atomic E-state index is 13.0. The van der Waals surface area contributed by atoms with Crippen molar-refractivity contribution in [3.8, 4) is 11.5 Å². The van der Waals surface area contributed by atoms with Gasteiger partial charge in [-0.2, -0.15) is 0 Å². The van der Waals surface area contributed by atoms with Gasteiger partial charge in [-0.1, -0.05) is 46.9 Å². The number of carbonyl (C=O) groups excluding carboxylic acids is 3. The number of esters is 2. The summed E-state index contributed by atoms with van der Waals surface area (Å²) in [5.41, 5.74) is 1.36. The Morgan fingerprint density at radius 2 is 1.94 bits per heavy atom. The lowest BCUT2D eigenvalue weighted by atomic mass is 9.53. The minimum Gasteiger partial charge on any atom is -0.481 e. The predicted octanol–water partition coefficient (Wildman–Crippen LogP) is 3.87. The van der Waals surface area contributed by atoms with Crippen LogP contribution in [0.5, 0.6) is 11.5 Å². The predicted molar refractivity (Wildman–Crippen MR) is 122 cm³/mol. The fourth-order valence-corrected chi connectivity index (χ4v) is 6.17. The van der Waals surface area contributed by atoms with Crippen molar-refractivity contribution < 1.29 is 33.3 Å². The number of piperidine rings is 1. The quantitative estimate of drug-likeness (QED) is 0.254. The van der Waals surface area contributed by atoms with Gasteiger partial charge in [0.15, 0.2) is 17.6 Å². The zero-order valence-electron chi connectivity index (χ0n) is 18.4. The number of amides is 1. The zero-order valence-corrected chi connectivity index (χ0v) is 20.7. The summed E-state index contributed by atoms with van der Waals surface area (Å²) in [5.74, 6) is -0.199. The van der Waals surface area contributed by atoms with E-state index in [4.69, 9.17) is 53.8 Å². The van der Waals surface area contributed by atoms with Gasteiger partial charge in [-0.25, -0.2) is 4.79 Å². The Bertz CT molecular complexity index is 1100. The summed E-state index contributed by atoms with van der Waals surface area (Å²) in [6, 6.07) is 3.35. The molecule has 1 saturated heterocycles. The molecule has 2 bridgehead atoms. The molecule has 0 radical (unpaired) electrons. The second-order valence-electron chi connectivity index (χ2n) is 8.97. The average molecular weight is 531 g/mol. The van der Waals surface area contributed by atoms with Crippen LogP contribution < -0.4 is 9.47 Å². The molecule has 1 amide bonds. The maximum Gasteiger partial charge on any atom is 0.410 e. The summed E-state index contributed by atoms with van der Waals surface area (Å²) in [7, 11) is 0. The number of nitrogens with zero attached hydrogens (tertiary/aromatic N) is 1. The van der Waals surface area contributed by atoms with Crippen molar-refractivity contribution in [2.24, 2.45) is 5.92 Å². The third-order valence-electron chi connectivity index (χ3n) is 6.99. The van der Waals surface area contributed by atoms with Crippen LogP contribution in [-0.2, 0) is 30.9 Å². The summed E-state index contributed by atoms with van der Waals surface area (Å²) in [6.45, 7) is 2.69. The van der Waals surface area contributed by atoms with E-state index in [9.17, 15) is 14.4 Å². The van der Waals surface area contributed by atoms with Crippen LogP contribution in [0.3, 0.4) is 0 Å². The van der Waals surface area contributed by atoms with Gasteiger partial charge in [0.1, 0.15) is 12.7 Å². The summed E-state index contributed by atoms with van der Waals surface area (Å²) >= 11 is 17.3. The second kappa shape index (κ2) is 8.21. The van der Waals surface area contributed by atoms with Crippen molar-refractivity contribution >= 4 is 52.8 Å². The Balaban J connectivity index is 1.58. The van der Waals surface area contributed by atoms with Gasteiger partial charge in [0.05, 0.1) is 5.41 Å². The van der Waals surface area contributed by atoms with Crippen molar-refractivity contribution in [3.05, 3.63) is 35.4 Å². The Morgan fingerprint density at radius 1 is 1.18 bits per heavy atom. The third-order valence-corrected chi connectivity index (χ3v) is 7.31. The highest BCUT2D eigenvalue weighted by Crippen LogP contribution is 2.63. The number of rotatable bonds is 3. The fraction of sp³-hybridized carbons (Fsp3) is 0.522. The van der Waals surface area contributed by atoms with Gasteiger partial charge < -0.3 is 23.8 Å². The number of alkyl halides is 3. The largest absolute Gasteiger partial charge is 0.481 e. The summed E-state index contributed by atoms with van der Waals surface area (Å²) in [6.07, 6.45) is 3.14. The molecule has 1 fully saturated rings. The average Bonchev–Trinajstić information content (AvgIpc) is 3.08. The lowest BCUT2D eigenvalue weighted by Gasteiger charge is -2.56. The summed E-state index contributed by atoms with van der Waals surface area (Å²) in [4.78, 5) is 38.2. The third kappa shape index (κ3) is 3.71. The molecule has 1 aromatic rings. The van der Waals surface area contributed by atoms with Gasteiger partial charge in [0.2, 0.25) is 3.79 Å². The lowest BCUT2D eigenvalue weighted by Crippen LogP contribution is -2.66. The molecule has 1 aromatic carbocycles. The van der Waals surface area contributed by atoms with E-state index in [1.165, 1.54) is 13.8 Å². The summed E-state index contributed by atoms with van der Waals surface area (Å²) in [5, 5.41) is 0. The van der Waals surface area contributed by atoms with E-state index in [0.29, 0.717) is 30.9 Å². The molecule has 34 heavy (non-hydrogen) atoms. The van der Waals surface area contributed by atoms with Crippen LogP contribution in [0.25, 0.3) is 0 Å². The maximum absolute atomic E-state index is 13.0. The summed E-state index contributed by atoms with van der Waals surface area (Å²) < 4.78 is 21.0. The highest BCUT2D eigenvalue weighted by Gasteiger charge is 2.66. The van der Waals surface area contributed by atoms with Crippen LogP contribution in [0.2, 0.25) is 0 Å². The van der Waals surface area contributed by atoms with Gasteiger partial charge in [0.25, 0.3) is 0 Å². The Labute approximate surface area is 211 Å². The van der Waals surface area contributed by atoms with Crippen molar-refractivity contribution in [2.75, 3.05) is 13.2 Å². The van der Waals surface area contributed by atoms with Crippen LogP contribution in [0.1, 0.15) is 31.4 Å². The highest BCUT2D eigenvalue weighted by atomic mass is 35.6. The minimum absolute atomic E-state index is 0.139. The van der Waals surface area contributed by atoms with Gasteiger partial charge >= 0.3 is 18.0 Å². The molecule has 2 aliphatic heterocycles. The van der Waals surface area contributed by atoms with E-state index in [0.717, 1.165) is 11.1 Å². The first-order chi connectivity index (χ1) is 16.0. The van der Waals surface area contributed by atoms with Crippen molar-refractivity contribution in [2.45, 2.75) is 54.1 Å². The fourth-order valence-electron chi connectivity index (χ4n) is 6.01. The van der Waals surface area contributed by atoms with Gasteiger partial charge in [-0.05, 0) is 30.5 Å². The standard InChI is InChI=1S/C23H22Cl3NO7/c1-11(28)32-16-5-3-13-9-15-14-4-6-17(33-12(2)29)20-22(14,18(13)19(16)34-20)7-8-27(15)21(30)31-10-23(24,25)26/h3-6,14-15,17,20H,7-10H2,1-2H3/t14-,15+,17-,20-,22-/m0/s1.